The predicted molar refractivity (Wildman–Crippen MR) is 140 cm³/mol. The van der Waals surface area contributed by atoms with E-state index in [1.165, 1.54) is 0 Å². The molecule has 1 atom stereocenters. The number of nitrogens with two attached hydrogens (primary N) is 2. The first-order valence-corrected chi connectivity index (χ1v) is 11.1. The zero-order valence-corrected chi connectivity index (χ0v) is 20.1. The van der Waals surface area contributed by atoms with Crippen LogP contribution in [0.1, 0.15) is 22.5 Å². The van der Waals surface area contributed by atoms with Gasteiger partial charge in [-0.2, -0.15) is 0 Å². The van der Waals surface area contributed by atoms with Gasteiger partial charge in [-0.25, -0.2) is 9.78 Å². The second-order valence-corrected chi connectivity index (χ2v) is 7.89. The smallest absolute Gasteiger partial charge is 0.316 e. The highest BCUT2D eigenvalue weighted by Crippen LogP contribution is 2.17. The Morgan fingerprint density at radius 3 is 2.11 bits per heavy atom. The number of carbonyl (C=O) groups excluding carboxylic acids is 1. The molecular formula is C27H28N6O3. The topological polar surface area (TPSA) is 139 Å². The molecule has 9 heteroatoms. The fraction of sp³-hybridized carbons (Fsp3) is 0.185. The number of nitrogens with one attached hydrogen (secondary N) is 2. The van der Waals surface area contributed by atoms with Gasteiger partial charge in [-0.1, -0.05) is 36.1 Å². The first-order valence-electron chi connectivity index (χ1n) is 11.1. The van der Waals surface area contributed by atoms with E-state index < -0.39 is 12.4 Å². The highest BCUT2D eigenvalue weighted by atomic mass is 16.5. The molecule has 184 valence electrons. The number of urea groups is 1. The largest absolute Gasteiger partial charge is 0.492 e. The van der Waals surface area contributed by atoms with Crippen LogP contribution in [0.3, 0.4) is 0 Å². The molecule has 0 aliphatic rings. The minimum absolute atomic E-state index is 0.444. The maximum atomic E-state index is 11.3. The van der Waals surface area contributed by atoms with Crippen molar-refractivity contribution in [2.45, 2.75) is 6.35 Å². The summed E-state index contributed by atoms with van der Waals surface area (Å²) in [5.41, 5.74) is 13.9. The first-order chi connectivity index (χ1) is 17.3. The Balaban J connectivity index is 1.96. The zero-order chi connectivity index (χ0) is 25.9. The molecule has 3 aromatic rings. The lowest BCUT2D eigenvalue weighted by Gasteiger charge is -2.11. The number of aliphatic hydroxyl groups is 1. The van der Waals surface area contributed by atoms with Gasteiger partial charge in [0.1, 0.15) is 23.7 Å². The number of ether oxygens (including phenoxy) is 1. The Kier molecular flexibility index (Phi) is 9.26. The summed E-state index contributed by atoms with van der Waals surface area (Å²) in [7, 11) is 3.93. The zero-order valence-electron chi connectivity index (χ0n) is 20.1. The molecule has 2 amide bonds. The number of carbonyl (C=O) groups is 1. The molecule has 0 bridgehead atoms. The average Bonchev–Trinajstić information content (AvgIpc) is 2.82. The Hall–Kier alpha value is -4.54. The summed E-state index contributed by atoms with van der Waals surface area (Å²) in [6.45, 7) is 1.21. The number of aromatic nitrogens is 1. The van der Waals surface area contributed by atoms with E-state index in [1.807, 2.05) is 37.2 Å². The number of rotatable bonds is 7. The molecule has 0 radical (unpaired) electrons. The van der Waals surface area contributed by atoms with E-state index in [0.717, 1.165) is 6.54 Å². The summed E-state index contributed by atoms with van der Waals surface area (Å²) in [6.07, 6.45) is -1.21. The molecule has 1 heterocycles. The summed E-state index contributed by atoms with van der Waals surface area (Å²) >= 11 is 0. The van der Waals surface area contributed by atoms with Gasteiger partial charge in [0.2, 0.25) is 0 Å². The summed E-state index contributed by atoms with van der Waals surface area (Å²) in [5.74, 6) is 12.7. The Morgan fingerprint density at radius 1 is 1.00 bits per heavy atom. The molecule has 1 unspecified atom stereocenters. The number of benzene rings is 2. The van der Waals surface area contributed by atoms with Crippen LogP contribution < -0.4 is 26.8 Å². The van der Waals surface area contributed by atoms with Crippen LogP contribution in [0, 0.1) is 23.7 Å². The third kappa shape index (κ3) is 8.35. The number of hydrogen-bond acceptors (Lipinski definition) is 7. The number of primary amides is 1. The monoisotopic (exact) mass is 484 g/mol. The van der Waals surface area contributed by atoms with Gasteiger partial charge in [0.15, 0.2) is 6.35 Å². The van der Waals surface area contributed by atoms with Gasteiger partial charge in [-0.15, -0.1) is 0 Å². The Bertz CT molecular complexity index is 1330. The number of nitrogens with zero attached hydrogens (tertiary/aromatic N) is 2. The van der Waals surface area contributed by atoms with E-state index >= 15 is 0 Å². The normalized spacial score (nSPS) is 10.9. The standard InChI is InChI=1S/C27H28N6O3/c1-33(2)15-16-36-23-17-21(13-11-19-7-3-5-9-24(19)31-26(28)34)30-22(18-23)14-12-20-8-4-6-10-25(20)32-27(29)35/h3-10,17-18,26,31,34H,15-16,28H2,1-2H3,(H3,29,32,35). The minimum atomic E-state index is -1.21. The van der Waals surface area contributed by atoms with Crippen LogP contribution in [0.25, 0.3) is 0 Å². The summed E-state index contributed by atoms with van der Waals surface area (Å²) < 4.78 is 5.90. The van der Waals surface area contributed by atoms with Crippen LogP contribution in [0.15, 0.2) is 60.7 Å². The second-order valence-electron chi connectivity index (χ2n) is 7.89. The molecule has 36 heavy (non-hydrogen) atoms. The van der Waals surface area contributed by atoms with Crippen molar-refractivity contribution in [3.63, 3.8) is 0 Å². The van der Waals surface area contributed by atoms with Crippen molar-refractivity contribution >= 4 is 17.4 Å². The third-order valence-corrected chi connectivity index (χ3v) is 4.67. The molecule has 0 aliphatic heterocycles. The highest BCUT2D eigenvalue weighted by molar-refractivity contribution is 5.89. The van der Waals surface area contributed by atoms with Gasteiger partial charge in [0.25, 0.3) is 0 Å². The van der Waals surface area contributed by atoms with E-state index in [0.29, 0.717) is 46.2 Å². The average molecular weight is 485 g/mol. The summed E-state index contributed by atoms with van der Waals surface area (Å²) in [5, 5.41) is 14.8. The lowest BCUT2D eigenvalue weighted by molar-refractivity contribution is 0.212. The van der Waals surface area contributed by atoms with Crippen LogP contribution >= 0.6 is 0 Å². The van der Waals surface area contributed by atoms with Crippen molar-refractivity contribution in [2.75, 3.05) is 37.9 Å². The van der Waals surface area contributed by atoms with E-state index in [-0.39, 0.29) is 0 Å². The van der Waals surface area contributed by atoms with Crippen LogP contribution in [-0.2, 0) is 0 Å². The highest BCUT2D eigenvalue weighted by Gasteiger charge is 2.05. The number of para-hydroxylation sites is 2. The quantitative estimate of drug-likeness (QED) is 0.255. The maximum Gasteiger partial charge on any atom is 0.316 e. The Morgan fingerprint density at radius 2 is 1.56 bits per heavy atom. The molecule has 3 rings (SSSR count). The van der Waals surface area contributed by atoms with E-state index in [1.54, 1.807) is 42.5 Å². The maximum absolute atomic E-state index is 11.3. The lowest BCUT2D eigenvalue weighted by atomic mass is 10.1. The lowest BCUT2D eigenvalue weighted by Crippen LogP contribution is -2.28. The number of likely N-dealkylation sites (N-methyl/N-ethyl adjacent to an activating group) is 1. The first kappa shape index (κ1) is 26.1. The van der Waals surface area contributed by atoms with Crippen molar-refractivity contribution in [3.05, 3.63) is 83.2 Å². The molecule has 2 aromatic carbocycles. The third-order valence-electron chi connectivity index (χ3n) is 4.67. The van der Waals surface area contributed by atoms with Gasteiger partial charge >= 0.3 is 6.03 Å². The number of pyridine rings is 1. The van der Waals surface area contributed by atoms with Crippen molar-refractivity contribution in [3.8, 4) is 29.4 Å². The van der Waals surface area contributed by atoms with Crippen molar-refractivity contribution in [1.82, 2.24) is 9.88 Å². The molecule has 0 fully saturated rings. The fourth-order valence-electron chi connectivity index (χ4n) is 3.04. The van der Waals surface area contributed by atoms with Crippen molar-refractivity contribution in [2.24, 2.45) is 11.5 Å². The van der Waals surface area contributed by atoms with Crippen LogP contribution in [-0.4, -0.2) is 54.6 Å². The Labute approximate surface area is 210 Å². The molecule has 0 saturated heterocycles. The summed E-state index contributed by atoms with van der Waals surface area (Å²) in [6, 6.07) is 17.1. The molecular weight excluding hydrogens is 456 g/mol. The number of anilines is 2. The van der Waals surface area contributed by atoms with Crippen LogP contribution in [0.4, 0.5) is 16.2 Å². The number of hydrogen-bond donors (Lipinski definition) is 5. The van der Waals surface area contributed by atoms with Crippen molar-refractivity contribution < 1.29 is 14.6 Å². The molecule has 0 saturated carbocycles. The number of amides is 2. The van der Waals surface area contributed by atoms with Crippen molar-refractivity contribution in [1.29, 1.82) is 0 Å². The molecule has 0 spiro atoms. The fourth-order valence-corrected chi connectivity index (χ4v) is 3.04. The number of aliphatic hydroxyl groups excluding tert-OH is 1. The van der Waals surface area contributed by atoms with Gasteiger partial charge in [-0.3, -0.25) is 5.73 Å². The second kappa shape index (κ2) is 12.8. The van der Waals surface area contributed by atoms with Gasteiger partial charge < -0.3 is 31.1 Å². The van der Waals surface area contributed by atoms with E-state index in [9.17, 15) is 9.90 Å². The van der Waals surface area contributed by atoms with E-state index in [4.69, 9.17) is 16.2 Å². The SMILES string of the molecule is CN(C)CCOc1cc(C#Cc2ccccc2NC(N)=O)nc(C#Cc2ccccc2NC(N)O)c1. The molecule has 1 aromatic heterocycles. The van der Waals surface area contributed by atoms with Gasteiger partial charge in [-0.05, 0) is 50.2 Å². The summed E-state index contributed by atoms with van der Waals surface area (Å²) in [4.78, 5) is 17.9. The molecule has 7 N–H and O–H groups in total. The van der Waals surface area contributed by atoms with Crippen LogP contribution in [0.5, 0.6) is 5.75 Å². The van der Waals surface area contributed by atoms with E-state index in [2.05, 4.69) is 39.3 Å². The van der Waals surface area contributed by atoms with Crippen LogP contribution in [0.2, 0.25) is 0 Å². The van der Waals surface area contributed by atoms with Gasteiger partial charge in [0.05, 0.1) is 11.4 Å². The molecule has 9 nitrogen and oxygen atoms in total. The minimum Gasteiger partial charge on any atom is -0.492 e. The predicted octanol–water partition coefficient (Wildman–Crippen LogP) is 1.96. The molecule has 0 aliphatic carbocycles. The van der Waals surface area contributed by atoms with Gasteiger partial charge in [0, 0.05) is 29.8 Å².